The Labute approximate surface area is 124 Å². The van der Waals surface area contributed by atoms with Crippen LogP contribution in [0.1, 0.15) is 5.56 Å². The summed E-state index contributed by atoms with van der Waals surface area (Å²) >= 11 is 1.71. The van der Waals surface area contributed by atoms with Gasteiger partial charge in [0.25, 0.3) is 0 Å². The van der Waals surface area contributed by atoms with Crippen molar-refractivity contribution in [1.82, 2.24) is 20.1 Å². The van der Waals surface area contributed by atoms with Gasteiger partial charge in [-0.25, -0.2) is 9.89 Å². The van der Waals surface area contributed by atoms with Crippen LogP contribution in [0.15, 0.2) is 40.8 Å². The lowest BCUT2D eigenvalue weighted by Gasteiger charge is -2.04. The molecule has 3 aromatic rings. The zero-order valence-corrected chi connectivity index (χ0v) is 12.0. The number of fused-ring (bicyclic) bond motifs is 1. The van der Waals surface area contributed by atoms with Gasteiger partial charge in [0.1, 0.15) is 12.9 Å². The molecule has 0 spiro atoms. The molecule has 1 amide bonds. The van der Waals surface area contributed by atoms with Crippen LogP contribution in [0, 0.1) is 0 Å². The van der Waals surface area contributed by atoms with E-state index in [0.717, 1.165) is 6.42 Å². The Hall–Kier alpha value is -2.41. The van der Waals surface area contributed by atoms with Crippen LogP contribution >= 0.6 is 11.3 Å². The van der Waals surface area contributed by atoms with Crippen molar-refractivity contribution < 1.29 is 4.79 Å². The molecule has 0 fully saturated rings. The first-order chi connectivity index (χ1) is 10.2. The van der Waals surface area contributed by atoms with Crippen molar-refractivity contribution in [2.45, 2.75) is 13.0 Å². The number of aromatic nitrogens is 3. The van der Waals surface area contributed by atoms with E-state index >= 15 is 0 Å². The average molecular weight is 302 g/mol. The van der Waals surface area contributed by atoms with Crippen molar-refractivity contribution in [3.05, 3.63) is 52.0 Å². The summed E-state index contributed by atoms with van der Waals surface area (Å²) in [6.45, 7) is 0.534. The van der Waals surface area contributed by atoms with E-state index in [1.165, 1.54) is 26.5 Å². The minimum Gasteiger partial charge on any atom is -0.354 e. The molecule has 7 heteroatoms. The van der Waals surface area contributed by atoms with Gasteiger partial charge in [-0.3, -0.25) is 9.36 Å². The molecule has 6 nitrogen and oxygen atoms in total. The number of nitrogens with zero attached hydrogens (tertiary/aromatic N) is 2. The van der Waals surface area contributed by atoms with Gasteiger partial charge in [0.05, 0.1) is 0 Å². The standard InChI is InChI=1S/C14H14N4O2S/c19-13(7-18-9-16-17-14(18)20)15-6-5-10-8-21-12-4-2-1-3-11(10)12/h1-4,8-9H,5-7H2,(H,15,19)(H,17,20). The van der Waals surface area contributed by atoms with Gasteiger partial charge in [-0.2, -0.15) is 5.10 Å². The smallest absolute Gasteiger partial charge is 0.343 e. The van der Waals surface area contributed by atoms with Crippen molar-refractivity contribution in [3.8, 4) is 0 Å². The average Bonchev–Trinajstić information content (AvgIpc) is 3.07. The van der Waals surface area contributed by atoms with Gasteiger partial charge >= 0.3 is 5.69 Å². The molecule has 0 saturated carbocycles. The third kappa shape index (κ3) is 3.03. The van der Waals surface area contributed by atoms with E-state index in [2.05, 4.69) is 33.0 Å². The highest BCUT2D eigenvalue weighted by Crippen LogP contribution is 2.25. The number of hydrogen-bond donors (Lipinski definition) is 2. The van der Waals surface area contributed by atoms with Crippen LogP contribution in [0.5, 0.6) is 0 Å². The van der Waals surface area contributed by atoms with Gasteiger partial charge in [-0.15, -0.1) is 11.3 Å². The van der Waals surface area contributed by atoms with Gasteiger partial charge in [0.15, 0.2) is 0 Å². The van der Waals surface area contributed by atoms with E-state index < -0.39 is 0 Å². The van der Waals surface area contributed by atoms with Crippen molar-refractivity contribution >= 4 is 27.3 Å². The van der Waals surface area contributed by atoms with Crippen LogP contribution in [-0.4, -0.2) is 27.2 Å². The third-order valence-electron chi connectivity index (χ3n) is 3.21. The van der Waals surface area contributed by atoms with E-state index in [4.69, 9.17) is 0 Å². The Morgan fingerprint density at radius 2 is 2.24 bits per heavy atom. The summed E-state index contributed by atoms with van der Waals surface area (Å²) in [4.78, 5) is 23.0. The molecule has 0 bridgehead atoms. The van der Waals surface area contributed by atoms with E-state index in [1.54, 1.807) is 11.3 Å². The molecule has 2 N–H and O–H groups in total. The summed E-state index contributed by atoms with van der Waals surface area (Å²) in [6.07, 6.45) is 2.09. The third-order valence-corrected chi connectivity index (χ3v) is 4.22. The Morgan fingerprint density at radius 3 is 3.05 bits per heavy atom. The monoisotopic (exact) mass is 302 g/mol. The summed E-state index contributed by atoms with van der Waals surface area (Å²) in [6, 6.07) is 8.22. The molecule has 0 aliphatic rings. The first-order valence-corrected chi connectivity index (χ1v) is 7.43. The Kier molecular flexibility index (Phi) is 3.83. The van der Waals surface area contributed by atoms with E-state index in [-0.39, 0.29) is 18.1 Å². The minimum absolute atomic E-state index is 0.0142. The van der Waals surface area contributed by atoms with E-state index in [9.17, 15) is 9.59 Å². The fourth-order valence-electron chi connectivity index (χ4n) is 2.16. The Balaban J connectivity index is 1.55. The molecule has 0 unspecified atom stereocenters. The lowest BCUT2D eigenvalue weighted by atomic mass is 10.1. The number of hydrogen-bond acceptors (Lipinski definition) is 4. The second-order valence-corrected chi connectivity index (χ2v) is 5.56. The number of carbonyl (C=O) groups is 1. The predicted octanol–water partition coefficient (Wildman–Crippen LogP) is 1.14. The molecular weight excluding hydrogens is 288 g/mol. The molecule has 108 valence electrons. The van der Waals surface area contributed by atoms with Gasteiger partial charge < -0.3 is 5.32 Å². The number of nitrogens with one attached hydrogen (secondary N) is 2. The molecular formula is C14H14N4O2S. The SMILES string of the molecule is O=C(Cn1cn[nH]c1=O)NCCc1csc2ccccc12. The predicted molar refractivity (Wildman–Crippen MR) is 81.4 cm³/mol. The summed E-state index contributed by atoms with van der Waals surface area (Å²) in [5, 5.41) is 12.0. The van der Waals surface area contributed by atoms with E-state index in [1.807, 2.05) is 12.1 Å². The highest BCUT2D eigenvalue weighted by Gasteiger charge is 2.06. The summed E-state index contributed by atoms with van der Waals surface area (Å²) in [5.74, 6) is -0.196. The molecule has 21 heavy (non-hydrogen) atoms. The second kappa shape index (κ2) is 5.92. The lowest BCUT2D eigenvalue weighted by Crippen LogP contribution is -2.32. The van der Waals surface area contributed by atoms with Crippen LogP contribution in [0.4, 0.5) is 0 Å². The molecule has 3 rings (SSSR count). The van der Waals surface area contributed by atoms with Gasteiger partial charge in [-0.05, 0) is 28.8 Å². The number of H-pyrrole nitrogens is 1. The molecule has 0 aliphatic heterocycles. The van der Waals surface area contributed by atoms with Gasteiger partial charge in [0.2, 0.25) is 5.91 Å². The molecule has 0 radical (unpaired) electrons. The maximum absolute atomic E-state index is 11.7. The normalized spacial score (nSPS) is 10.9. The molecule has 2 aromatic heterocycles. The van der Waals surface area contributed by atoms with Crippen molar-refractivity contribution in [1.29, 1.82) is 0 Å². The zero-order valence-electron chi connectivity index (χ0n) is 11.2. The molecule has 0 saturated heterocycles. The highest BCUT2D eigenvalue weighted by atomic mass is 32.1. The number of carbonyl (C=O) groups excluding carboxylic acids is 1. The van der Waals surface area contributed by atoms with Crippen molar-refractivity contribution in [3.63, 3.8) is 0 Å². The molecule has 1 aromatic carbocycles. The first kappa shape index (κ1) is 13.6. The van der Waals surface area contributed by atoms with Crippen LogP contribution in [0.2, 0.25) is 0 Å². The quantitative estimate of drug-likeness (QED) is 0.742. The Bertz CT molecular complexity index is 817. The lowest BCUT2D eigenvalue weighted by molar-refractivity contribution is -0.121. The summed E-state index contributed by atoms with van der Waals surface area (Å²) in [7, 11) is 0. The Morgan fingerprint density at radius 1 is 1.38 bits per heavy atom. The second-order valence-electron chi connectivity index (χ2n) is 4.65. The van der Waals surface area contributed by atoms with Crippen LogP contribution in [-0.2, 0) is 17.8 Å². The highest BCUT2D eigenvalue weighted by molar-refractivity contribution is 7.17. The molecule has 0 atom stereocenters. The largest absolute Gasteiger partial charge is 0.354 e. The fraction of sp³-hybridized carbons (Fsp3) is 0.214. The maximum Gasteiger partial charge on any atom is 0.343 e. The van der Waals surface area contributed by atoms with Crippen LogP contribution in [0.25, 0.3) is 10.1 Å². The molecule has 2 heterocycles. The fourth-order valence-corrected chi connectivity index (χ4v) is 3.15. The van der Waals surface area contributed by atoms with Gasteiger partial charge in [0, 0.05) is 11.2 Å². The first-order valence-electron chi connectivity index (χ1n) is 6.55. The maximum atomic E-state index is 11.7. The number of rotatable bonds is 5. The number of benzene rings is 1. The summed E-state index contributed by atoms with van der Waals surface area (Å²) < 4.78 is 2.48. The topological polar surface area (TPSA) is 79.8 Å². The van der Waals surface area contributed by atoms with Crippen molar-refractivity contribution in [2.24, 2.45) is 0 Å². The summed E-state index contributed by atoms with van der Waals surface area (Å²) in [5.41, 5.74) is 0.852. The molecule has 0 aliphatic carbocycles. The van der Waals surface area contributed by atoms with Crippen LogP contribution < -0.4 is 11.0 Å². The van der Waals surface area contributed by atoms with Gasteiger partial charge in [-0.1, -0.05) is 18.2 Å². The van der Waals surface area contributed by atoms with E-state index in [0.29, 0.717) is 6.54 Å². The van der Waals surface area contributed by atoms with Crippen LogP contribution in [0.3, 0.4) is 0 Å². The van der Waals surface area contributed by atoms with Crippen molar-refractivity contribution in [2.75, 3.05) is 6.54 Å². The number of amides is 1. The minimum atomic E-state index is -0.381. The number of thiophene rings is 1. The number of aromatic amines is 1. The zero-order chi connectivity index (χ0) is 14.7.